The first-order valence-corrected chi connectivity index (χ1v) is 11.3. The molecule has 1 aromatic carbocycles. The van der Waals surface area contributed by atoms with Gasteiger partial charge in [-0.3, -0.25) is 14.5 Å². The van der Waals surface area contributed by atoms with Crippen LogP contribution in [-0.2, 0) is 10.2 Å². The molecule has 1 aromatic rings. The van der Waals surface area contributed by atoms with Gasteiger partial charge < -0.3 is 10.2 Å². The Balaban J connectivity index is 1.62. The lowest BCUT2D eigenvalue weighted by molar-refractivity contribution is -0.129. The molecule has 2 aliphatic rings. The molecule has 5 heteroatoms. The lowest BCUT2D eigenvalue weighted by Crippen LogP contribution is -2.58. The minimum absolute atomic E-state index is 0.0780. The predicted molar refractivity (Wildman–Crippen MR) is 122 cm³/mol. The van der Waals surface area contributed by atoms with Crippen molar-refractivity contribution in [1.29, 1.82) is 0 Å². The van der Waals surface area contributed by atoms with E-state index in [1.54, 1.807) is 6.08 Å². The maximum absolute atomic E-state index is 13.0. The van der Waals surface area contributed by atoms with E-state index in [1.165, 1.54) is 18.4 Å². The highest BCUT2D eigenvalue weighted by Gasteiger charge is 2.37. The maximum atomic E-state index is 13.0. The van der Waals surface area contributed by atoms with Crippen LogP contribution in [0.5, 0.6) is 0 Å². The van der Waals surface area contributed by atoms with Crippen LogP contribution in [0.25, 0.3) is 0 Å². The van der Waals surface area contributed by atoms with E-state index in [2.05, 4.69) is 49.7 Å². The Morgan fingerprint density at radius 2 is 1.70 bits per heavy atom. The van der Waals surface area contributed by atoms with Crippen molar-refractivity contribution in [3.05, 3.63) is 48.0 Å². The van der Waals surface area contributed by atoms with Crippen LogP contribution in [0.1, 0.15) is 62.4 Å². The van der Waals surface area contributed by atoms with Gasteiger partial charge in [-0.15, -0.1) is 6.58 Å². The number of amides is 2. The summed E-state index contributed by atoms with van der Waals surface area (Å²) in [4.78, 5) is 30.1. The van der Waals surface area contributed by atoms with Gasteiger partial charge in [0.05, 0.1) is 6.04 Å². The van der Waals surface area contributed by atoms with Gasteiger partial charge in [-0.2, -0.15) is 0 Å². The summed E-state index contributed by atoms with van der Waals surface area (Å²) in [6.07, 6.45) is 6.37. The molecular formula is C25H37N3O2. The van der Waals surface area contributed by atoms with E-state index < -0.39 is 0 Å². The summed E-state index contributed by atoms with van der Waals surface area (Å²) in [5.74, 6) is 0.616. The number of nitrogens with zero attached hydrogens (tertiary/aromatic N) is 2. The van der Waals surface area contributed by atoms with Crippen molar-refractivity contribution >= 4 is 11.8 Å². The second-order valence-electron chi connectivity index (χ2n) is 9.68. The summed E-state index contributed by atoms with van der Waals surface area (Å²) in [7, 11) is 0. The first-order valence-electron chi connectivity index (χ1n) is 11.3. The maximum Gasteiger partial charge on any atom is 0.253 e. The second kappa shape index (κ2) is 9.78. The molecule has 1 atom stereocenters. The molecule has 0 radical (unpaired) electrons. The third-order valence-corrected chi connectivity index (χ3v) is 6.53. The zero-order valence-electron chi connectivity index (χ0n) is 18.8. The zero-order valence-corrected chi connectivity index (χ0v) is 18.8. The van der Waals surface area contributed by atoms with Gasteiger partial charge in [0, 0.05) is 38.3 Å². The van der Waals surface area contributed by atoms with Gasteiger partial charge in [0.2, 0.25) is 5.91 Å². The molecule has 1 aliphatic heterocycles. The molecule has 1 saturated carbocycles. The average Bonchev–Trinajstić information content (AvgIpc) is 3.26. The fourth-order valence-electron chi connectivity index (χ4n) is 4.73. The van der Waals surface area contributed by atoms with Crippen LogP contribution in [0.2, 0.25) is 0 Å². The summed E-state index contributed by atoms with van der Waals surface area (Å²) in [6.45, 7) is 13.6. The fraction of sp³-hybridized carbons (Fsp3) is 0.600. The number of hydrogen-bond acceptors (Lipinski definition) is 3. The van der Waals surface area contributed by atoms with Gasteiger partial charge >= 0.3 is 0 Å². The number of rotatable bonds is 6. The summed E-state index contributed by atoms with van der Waals surface area (Å²) >= 11 is 0. The van der Waals surface area contributed by atoms with E-state index in [4.69, 9.17) is 0 Å². The van der Waals surface area contributed by atoms with Crippen molar-refractivity contribution < 1.29 is 9.59 Å². The Morgan fingerprint density at radius 1 is 1.10 bits per heavy atom. The lowest BCUT2D eigenvalue weighted by Gasteiger charge is -2.40. The summed E-state index contributed by atoms with van der Waals surface area (Å²) in [6, 6.07) is 7.92. The smallest absolute Gasteiger partial charge is 0.253 e. The van der Waals surface area contributed by atoms with Crippen LogP contribution >= 0.6 is 0 Å². The Labute approximate surface area is 181 Å². The van der Waals surface area contributed by atoms with Crippen LogP contribution in [-0.4, -0.2) is 60.4 Å². The van der Waals surface area contributed by atoms with Crippen molar-refractivity contribution in [2.45, 2.75) is 57.9 Å². The molecule has 0 bridgehead atoms. The van der Waals surface area contributed by atoms with Crippen molar-refractivity contribution in [1.82, 2.24) is 15.1 Å². The molecule has 0 spiro atoms. The summed E-state index contributed by atoms with van der Waals surface area (Å²) < 4.78 is 0. The van der Waals surface area contributed by atoms with Crippen LogP contribution in [0.15, 0.2) is 36.9 Å². The molecule has 1 N–H and O–H groups in total. The minimum Gasteiger partial charge on any atom is -0.351 e. The molecule has 1 unspecified atom stereocenters. The van der Waals surface area contributed by atoms with E-state index in [0.29, 0.717) is 25.6 Å². The highest BCUT2D eigenvalue weighted by atomic mass is 16.2. The van der Waals surface area contributed by atoms with Crippen LogP contribution in [0.3, 0.4) is 0 Å². The molecule has 164 valence electrons. The first kappa shape index (κ1) is 22.5. The predicted octanol–water partition coefficient (Wildman–Crippen LogP) is 3.60. The summed E-state index contributed by atoms with van der Waals surface area (Å²) in [5.41, 5.74) is 2.05. The number of hydrogen-bond donors (Lipinski definition) is 1. The molecular weight excluding hydrogens is 374 g/mol. The number of nitrogens with one attached hydrogen (secondary N) is 1. The van der Waals surface area contributed by atoms with Gasteiger partial charge in [0.25, 0.3) is 5.91 Å². The highest BCUT2D eigenvalue weighted by molar-refractivity contribution is 5.94. The fourth-order valence-corrected chi connectivity index (χ4v) is 4.73. The molecule has 2 fully saturated rings. The quantitative estimate of drug-likeness (QED) is 0.728. The molecule has 3 rings (SSSR count). The van der Waals surface area contributed by atoms with E-state index in [0.717, 1.165) is 31.5 Å². The van der Waals surface area contributed by atoms with Crippen molar-refractivity contribution in [3.63, 3.8) is 0 Å². The van der Waals surface area contributed by atoms with E-state index in [9.17, 15) is 9.59 Å². The molecule has 2 amide bonds. The molecule has 30 heavy (non-hydrogen) atoms. The second-order valence-corrected chi connectivity index (χ2v) is 9.68. The monoisotopic (exact) mass is 411 g/mol. The van der Waals surface area contributed by atoms with E-state index in [1.807, 2.05) is 17.0 Å². The van der Waals surface area contributed by atoms with Crippen LogP contribution < -0.4 is 5.32 Å². The van der Waals surface area contributed by atoms with Crippen LogP contribution in [0, 0.1) is 5.92 Å². The van der Waals surface area contributed by atoms with Crippen molar-refractivity contribution in [3.8, 4) is 0 Å². The zero-order chi connectivity index (χ0) is 21.7. The van der Waals surface area contributed by atoms with E-state index >= 15 is 0 Å². The van der Waals surface area contributed by atoms with E-state index in [-0.39, 0.29) is 23.3 Å². The van der Waals surface area contributed by atoms with Gasteiger partial charge in [0.1, 0.15) is 0 Å². The Bertz CT molecular complexity index is 737. The lowest BCUT2D eigenvalue weighted by atomic mass is 9.86. The van der Waals surface area contributed by atoms with Gasteiger partial charge in [0.15, 0.2) is 0 Å². The Morgan fingerprint density at radius 3 is 2.23 bits per heavy atom. The molecule has 1 aliphatic carbocycles. The van der Waals surface area contributed by atoms with Crippen molar-refractivity contribution in [2.75, 3.05) is 32.7 Å². The highest BCUT2D eigenvalue weighted by Crippen LogP contribution is 2.31. The molecule has 1 saturated heterocycles. The number of piperazine rings is 1. The molecule has 1 heterocycles. The molecule has 0 aromatic heterocycles. The molecule has 5 nitrogen and oxygen atoms in total. The van der Waals surface area contributed by atoms with Gasteiger partial charge in [-0.05, 0) is 41.9 Å². The van der Waals surface area contributed by atoms with Gasteiger partial charge in [-0.1, -0.05) is 51.8 Å². The SMILES string of the molecule is C=CCNC(=O)C(C1CCCC1)N1CCN(C(=O)c2ccc(C(C)(C)C)cc2)CC1. The standard InChI is InChI=1S/C25H37N3O2/c1-5-14-26-23(29)22(19-8-6-7-9-19)27-15-17-28(18-16-27)24(30)20-10-12-21(13-11-20)25(2,3)4/h5,10-13,19,22H,1,6-9,14-18H2,2-4H3,(H,26,29). The number of carbonyl (C=O) groups is 2. The first-order chi connectivity index (χ1) is 14.3. The summed E-state index contributed by atoms with van der Waals surface area (Å²) in [5, 5.41) is 3.00. The van der Waals surface area contributed by atoms with Crippen molar-refractivity contribution in [2.24, 2.45) is 5.92 Å². The minimum atomic E-state index is -0.0872. The van der Waals surface area contributed by atoms with Gasteiger partial charge in [-0.25, -0.2) is 0 Å². The topological polar surface area (TPSA) is 52.7 Å². The largest absolute Gasteiger partial charge is 0.351 e. The third-order valence-electron chi connectivity index (χ3n) is 6.53. The number of carbonyl (C=O) groups excluding carboxylic acids is 2. The normalized spacial score (nSPS) is 19.5. The third kappa shape index (κ3) is 5.31. The Hall–Kier alpha value is -2.14. The number of benzene rings is 1. The average molecular weight is 412 g/mol. The van der Waals surface area contributed by atoms with Crippen LogP contribution in [0.4, 0.5) is 0 Å². The Kier molecular flexibility index (Phi) is 7.35.